The van der Waals surface area contributed by atoms with Gasteiger partial charge in [0, 0.05) is 10.7 Å². The summed E-state index contributed by atoms with van der Waals surface area (Å²) in [5, 5.41) is 8.25. The van der Waals surface area contributed by atoms with Gasteiger partial charge >= 0.3 is 0 Å². The summed E-state index contributed by atoms with van der Waals surface area (Å²) in [6.07, 6.45) is 0. The van der Waals surface area contributed by atoms with Crippen LogP contribution in [0.15, 0.2) is 59.7 Å². The second-order valence-corrected chi connectivity index (χ2v) is 5.92. The number of anilines is 2. The van der Waals surface area contributed by atoms with Crippen molar-refractivity contribution in [3.8, 4) is 0 Å². The summed E-state index contributed by atoms with van der Waals surface area (Å²) < 4.78 is 0. The number of hydrogen-bond acceptors (Lipinski definition) is 4. The molecule has 0 aliphatic carbocycles. The highest BCUT2D eigenvalue weighted by Crippen LogP contribution is 2.24. The lowest BCUT2D eigenvalue weighted by atomic mass is 9.98. The number of benzene rings is 2. The zero-order valence-electron chi connectivity index (χ0n) is 13.3. The summed E-state index contributed by atoms with van der Waals surface area (Å²) in [7, 11) is 0. The number of carbonyl (C=O) groups excluding carboxylic acids is 3. The van der Waals surface area contributed by atoms with Crippen molar-refractivity contribution in [1.82, 2.24) is 0 Å². The highest BCUT2D eigenvalue weighted by molar-refractivity contribution is 6.50. The molecule has 0 bridgehead atoms. The molecule has 0 radical (unpaired) electrons. The molecule has 0 spiro atoms. The molecule has 1 N–H and O–H groups in total. The van der Waals surface area contributed by atoms with Gasteiger partial charge in [-0.25, -0.2) is 0 Å². The normalized spacial score (nSPS) is 16.6. The van der Waals surface area contributed by atoms with Crippen LogP contribution in [0.1, 0.15) is 6.92 Å². The fourth-order valence-electron chi connectivity index (χ4n) is 2.48. The van der Waals surface area contributed by atoms with Gasteiger partial charge in [-0.3, -0.25) is 14.4 Å². The van der Waals surface area contributed by atoms with E-state index < -0.39 is 23.5 Å². The number of hydrazone groups is 1. The van der Waals surface area contributed by atoms with Crippen LogP contribution in [-0.4, -0.2) is 23.3 Å². The number of halogens is 1. The molecular weight excluding hydrogens is 342 g/mol. The second-order valence-electron chi connectivity index (χ2n) is 5.49. The average Bonchev–Trinajstić information content (AvgIpc) is 2.91. The molecule has 1 atom stereocenters. The van der Waals surface area contributed by atoms with Crippen LogP contribution in [-0.2, 0) is 14.4 Å². The molecule has 126 valence electrons. The van der Waals surface area contributed by atoms with Gasteiger partial charge in [0.05, 0.1) is 11.4 Å². The summed E-state index contributed by atoms with van der Waals surface area (Å²) in [6.45, 7) is 1.55. The highest BCUT2D eigenvalue weighted by atomic mass is 35.5. The average molecular weight is 356 g/mol. The first-order valence-corrected chi connectivity index (χ1v) is 7.90. The van der Waals surface area contributed by atoms with Crippen LogP contribution in [0.4, 0.5) is 11.4 Å². The Morgan fingerprint density at radius 3 is 2.36 bits per heavy atom. The van der Waals surface area contributed by atoms with Crippen molar-refractivity contribution in [3.05, 3.63) is 59.6 Å². The number of Topliss-reactive ketones (excluding diaryl/α,β-unsaturated/α-hetero) is 1. The van der Waals surface area contributed by atoms with Crippen LogP contribution in [0.2, 0.25) is 5.02 Å². The topological polar surface area (TPSA) is 78.8 Å². The third kappa shape index (κ3) is 3.44. The number of nitrogens with zero attached hydrogens (tertiary/aromatic N) is 2. The molecule has 2 aromatic carbocycles. The molecule has 0 aromatic heterocycles. The van der Waals surface area contributed by atoms with E-state index in [0.717, 1.165) is 5.01 Å². The maximum absolute atomic E-state index is 12.6. The van der Waals surface area contributed by atoms with Crippen LogP contribution < -0.4 is 10.3 Å². The first-order valence-electron chi connectivity index (χ1n) is 7.52. The first kappa shape index (κ1) is 16.9. The number of amides is 2. The largest absolute Gasteiger partial charge is 0.319 e. The molecule has 0 saturated heterocycles. The standard InChI is InChI=1S/C18H14ClN3O3/c1-11-15(18(25)22(21-11)14-5-3-2-4-6-14)16(23)17(24)20-13-9-7-12(19)8-10-13/h2-10,15H,1H3,(H,20,24)/t15-/m0/s1. The van der Waals surface area contributed by atoms with Crippen LogP contribution in [0.25, 0.3) is 0 Å². The highest BCUT2D eigenvalue weighted by Gasteiger charge is 2.42. The van der Waals surface area contributed by atoms with E-state index in [4.69, 9.17) is 11.6 Å². The molecule has 25 heavy (non-hydrogen) atoms. The number of hydrogen-bond donors (Lipinski definition) is 1. The van der Waals surface area contributed by atoms with Crippen LogP contribution in [0.3, 0.4) is 0 Å². The molecular formula is C18H14ClN3O3. The number of nitrogens with one attached hydrogen (secondary N) is 1. The smallest absolute Gasteiger partial charge is 0.293 e. The van der Waals surface area contributed by atoms with Crippen molar-refractivity contribution in [2.75, 3.05) is 10.3 Å². The molecule has 3 rings (SSSR count). The van der Waals surface area contributed by atoms with Gasteiger partial charge in [0.1, 0.15) is 5.92 Å². The predicted molar refractivity (Wildman–Crippen MR) is 95.6 cm³/mol. The molecule has 7 heteroatoms. The van der Waals surface area contributed by atoms with Gasteiger partial charge in [0.2, 0.25) is 5.78 Å². The maximum Gasteiger partial charge on any atom is 0.293 e. The van der Waals surface area contributed by atoms with Crippen molar-refractivity contribution in [1.29, 1.82) is 0 Å². The number of carbonyl (C=O) groups is 3. The fourth-order valence-corrected chi connectivity index (χ4v) is 2.60. The van der Waals surface area contributed by atoms with Crippen molar-refractivity contribution in [2.45, 2.75) is 6.92 Å². The molecule has 0 saturated carbocycles. The third-order valence-electron chi connectivity index (χ3n) is 3.72. The zero-order chi connectivity index (χ0) is 18.0. The Hall–Kier alpha value is -2.99. The zero-order valence-corrected chi connectivity index (χ0v) is 14.0. The summed E-state index contributed by atoms with van der Waals surface area (Å²) >= 11 is 5.78. The molecule has 2 aromatic rings. The Labute approximate surface area is 149 Å². The van der Waals surface area contributed by atoms with Gasteiger partial charge in [-0.15, -0.1) is 0 Å². The van der Waals surface area contributed by atoms with E-state index in [1.54, 1.807) is 55.5 Å². The van der Waals surface area contributed by atoms with Crippen molar-refractivity contribution < 1.29 is 14.4 Å². The Kier molecular flexibility index (Phi) is 4.63. The monoisotopic (exact) mass is 355 g/mol. The fraction of sp³-hybridized carbons (Fsp3) is 0.111. The van der Waals surface area contributed by atoms with Crippen LogP contribution >= 0.6 is 11.6 Å². The molecule has 0 fully saturated rings. The summed E-state index contributed by atoms with van der Waals surface area (Å²) in [4.78, 5) is 37.2. The Morgan fingerprint density at radius 2 is 1.72 bits per heavy atom. The second kappa shape index (κ2) is 6.86. The van der Waals surface area contributed by atoms with E-state index in [9.17, 15) is 14.4 Å². The Balaban J connectivity index is 1.76. The van der Waals surface area contributed by atoms with Gasteiger partial charge in [0.15, 0.2) is 0 Å². The minimum absolute atomic E-state index is 0.283. The van der Waals surface area contributed by atoms with Gasteiger partial charge in [-0.05, 0) is 43.3 Å². The lowest BCUT2D eigenvalue weighted by Crippen LogP contribution is -2.38. The van der Waals surface area contributed by atoms with Gasteiger partial charge in [0.25, 0.3) is 11.8 Å². The summed E-state index contributed by atoms with van der Waals surface area (Å²) in [6, 6.07) is 15.1. The van der Waals surface area contributed by atoms with E-state index in [0.29, 0.717) is 16.4 Å². The quantitative estimate of drug-likeness (QED) is 0.676. The minimum Gasteiger partial charge on any atom is -0.319 e. The van der Waals surface area contributed by atoms with Crippen molar-refractivity contribution in [2.24, 2.45) is 11.0 Å². The first-order chi connectivity index (χ1) is 12.0. The number of para-hydroxylation sites is 1. The van der Waals surface area contributed by atoms with E-state index in [1.807, 2.05) is 6.07 Å². The summed E-state index contributed by atoms with van der Waals surface area (Å²) in [5.74, 6) is -3.47. The SMILES string of the molecule is CC1=NN(c2ccccc2)C(=O)[C@@H]1C(=O)C(=O)Nc1ccc(Cl)cc1. The van der Waals surface area contributed by atoms with Crippen molar-refractivity contribution >= 4 is 46.3 Å². The lowest BCUT2D eigenvalue weighted by molar-refractivity contribution is -0.138. The minimum atomic E-state index is -1.22. The molecule has 0 unspecified atom stereocenters. The van der Waals surface area contributed by atoms with E-state index in [2.05, 4.69) is 10.4 Å². The molecule has 2 amide bonds. The lowest BCUT2D eigenvalue weighted by Gasteiger charge is -2.13. The van der Waals surface area contributed by atoms with E-state index >= 15 is 0 Å². The Morgan fingerprint density at radius 1 is 1.08 bits per heavy atom. The van der Waals surface area contributed by atoms with E-state index in [-0.39, 0.29) is 5.71 Å². The van der Waals surface area contributed by atoms with E-state index in [1.165, 1.54) is 0 Å². The molecule has 6 nitrogen and oxygen atoms in total. The molecule has 1 aliphatic heterocycles. The maximum atomic E-state index is 12.6. The predicted octanol–water partition coefficient (Wildman–Crippen LogP) is 2.89. The molecule has 1 aliphatic rings. The van der Waals surface area contributed by atoms with Crippen molar-refractivity contribution in [3.63, 3.8) is 0 Å². The van der Waals surface area contributed by atoms with Gasteiger partial charge < -0.3 is 5.32 Å². The van der Waals surface area contributed by atoms with Gasteiger partial charge in [-0.2, -0.15) is 10.1 Å². The third-order valence-corrected chi connectivity index (χ3v) is 3.97. The van der Waals surface area contributed by atoms with Crippen LogP contribution in [0, 0.1) is 5.92 Å². The number of ketones is 1. The molecule has 1 heterocycles. The summed E-state index contributed by atoms with van der Waals surface area (Å²) in [5.41, 5.74) is 1.24. The van der Waals surface area contributed by atoms with Crippen LogP contribution in [0.5, 0.6) is 0 Å². The van der Waals surface area contributed by atoms with Gasteiger partial charge in [-0.1, -0.05) is 29.8 Å². The Bertz CT molecular complexity index is 863. The number of rotatable bonds is 4.